The van der Waals surface area contributed by atoms with E-state index in [0.717, 1.165) is 0 Å². The molecule has 1 heterocycles. The lowest BCUT2D eigenvalue weighted by molar-refractivity contribution is -0.150. The van der Waals surface area contributed by atoms with Gasteiger partial charge in [0.1, 0.15) is 11.5 Å². The number of nitrogens with zero attached hydrogens (tertiary/aromatic N) is 1. The van der Waals surface area contributed by atoms with Gasteiger partial charge in [-0.3, -0.25) is 9.69 Å². The fourth-order valence-corrected chi connectivity index (χ4v) is 3.96. The molecule has 0 aliphatic carbocycles. The summed E-state index contributed by atoms with van der Waals surface area (Å²) < 4.78 is 16.8. The largest absolute Gasteiger partial charge is 0.497 e. The Hall–Kier alpha value is -3.84. The predicted octanol–water partition coefficient (Wildman–Crippen LogP) is 4.07. The summed E-state index contributed by atoms with van der Waals surface area (Å²) in [6.45, 7) is 0. The molecule has 3 aromatic carbocycles. The van der Waals surface area contributed by atoms with Crippen LogP contribution in [0.3, 0.4) is 0 Å². The molecular formula is C25H23NO6. The number of methoxy groups -OCH3 is 2. The number of hydrogen-bond acceptors (Lipinski definition) is 5. The number of rotatable bonds is 6. The number of carboxylic acids is 1. The molecule has 1 N–H and O–H groups in total. The van der Waals surface area contributed by atoms with E-state index in [1.54, 1.807) is 66.7 Å². The molecular weight excluding hydrogens is 410 g/mol. The predicted molar refractivity (Wildman–Crippen MR) is 117 cm³/mol. The topological polar surface area (TPSA) is 85.3 Å². The average Bonchev–Trinajstić information content (AvgIpc) is 3.25. The highest BCUT2D eigenvalue weighted by Crippen LogP contribution is 2.46. The maximum atomic E-state index is 13.7. The molecule has 3 atom stereocenters. The number of carboxylic acid groups (broad SMARTS) is 1. The van der Waals surface area contributed by atoms with Gasteiger partial charge in [-0.1, -0.05) is 48.5 Å². The molecule has 0 spiro atoms. The summed E-state index contributed by atoms with van der Waals surface area (Å²) in [5.74, 6) is -0.497. The van der Waals surface area contributed by atoms with Crippen molar-refractivity contribution in [2.75, 3.05) is 14.2 Å². The molecule has 7 heteroatoms. The molecule has 164 valence electrons. The van der Waals surface area contributed by atoms with E-state index in [1.165, 1.54) is 19.1 Å². The Labute approximate surface area is 185 Å². The minimum atomic E-state index is -1.26. The molecule has 7 nitrogen and oxygen atoms in total. The third-order valence-electron chi connectivity index (χ3n) is 5.46. The molecule has 1 aliphatic rings. The van der Waals surface area contributed by atoms with Crippen LogP contribution in [0.15, 0.2) is 78.9 Å². The van der Waals surface area contributed by atoms with Crippen molar-refractivity contribution in [3.05, 3.63) is 95.6 Å². The molecule has 0 saturated carbocycles. The van der Waals surface area contributed by atoms with Crippen LogP contribution in [-0.2, 0) is 9.53 Å². The highest BCUT2D eigenvalue weighted by molar-refractivity contribution is 5.95. The Balaban J connectivity index is 1.88. The van der Waals surface area contributed by atoms with Gasteiger partial charge in [0.05, 0.1) is 20.3 Å². The third-order valence-corrected chi connectivity index (χ3v) is 5.46. The maximum Gasteiger partial charge on any atom is 0.335 e. The highest BCUT2D eigenvalue weighted by Gasteiger charge is 2.50. The second-order valence-corrected chi connectivity index (χ2v) is 7.29. The van der Waals surface area contributed by atoms with Gasteiger partial charge in [-0.15, -0.1) is 0 Å². The molecule has 4 rings (SSSR count). The van der Waals surface area contributed by atoms with Gasteiger partial charge < -0.3 is 19.3 Å². The normalized spacial score (nSPS) is 20.1. The van der Waals surface area contributed by atoms with Crippen LogP contribution in [0.1, 0.15) is 33.8 Å². The molecule has 0 bridgehead atoms. The first-order chi connectivity index (χ1) is 15.5. The minimum absolute atomic E-state index is 0.342. The van der Waals surface area contributed by atoms with E-state index < -0.39 is 24.3 Å². The fourth-order valence-electron chi connectivity index (χ4n) is 3.96. The van der Waals surface area contributed by atoms with E-state index in [4.69, 9.17) is 14.2 Å². The van der Waals surface area contributed by atoms with Gasteiger partial charge in [0.2, 0.25) is 0 Å². The molecule has 0 radical (unpaired) electrons. The Kier molecular flexibility index (Phi) is 6.09. The first-order valence-electron chi connectivity index (χ1n) is 10.1. The third kappa shape index (κ3) is 3.90. The summed E-state index contributed by atoms with van der Waals surface area (Å²) >= 11 is 0. The van der Waals surface area contributed by atoms with E-state index in [2.05, 4.69) is 0 Å². The number of benzene rings is 3. The van der Waals surface area contributed by atoms with Crippen molar-refractivity contribution in [1.82, 2.24) is 4.90 Å². The molecule has 3 aromatic rings. The van der Waals surface area contributed by atoms with Gasteiger partial charge in [-0.2, -0.15) is 0 Å². The van der Waals surface area contributed by atoms with Gasteiger partial charge in [0.15, 0.2) is 12.3 Å². The smallest absolute Gasteiger partial charge is 0.335 e. The number of hydrogen-bond donors (Lipinski definition) is 1. The van der Waals surface area contributed by atoms with Crippen LogP contribution in [0, 0.1) is 0 Å². The van der Waals surface area contributed by atoms with Gasteiger partial charge in [0, 0.05) is 17.2 Å². The van der Waals surface area contributed by atoms with Crippen LogP contribution < -0.4 is 9.47 Å². The number of carbonyl (C=O) groups excluding carboxylic acids is 1. The van der Waals surface area contributed by atoms with E-state index in [-0.39, 0.29) is 5.91 Å². The fraction of sp³-hybridized carbons (Fsp3) is 0.200. The van der Waals surface area contributed by atoms with Crippen molar-refractivity contribution in [2.24, 2.45) is 0 Å². The highest BCUT2D eigenvalue weighted by atomic mass is 16.6. The molecule has 1 fully saturated rings. The molecule has 1 amide bonds. The number of ether oxygens (including phenoxy) is 3. The number of amides is 1. The zero-order valence-electron chi connectivity index (χ0n) is 17.7. The van der Waals surface area contributed by atoms with Crippen LogP contribution in [-0.4, -0.2) is 42.2 Å². The van der Waals surface area contributed by atoms with E-state index in [1.807, 2.05) is 12.1 Å². The van der Waals surface area contributed by atoms with Gasteiger partial charge in [-0.25, -0.2) is 4.79 Å². The van der Waals surface area contributed by atoms with Gasteiger partial charge in [0.25, 0.3) is 5.91 Å². The zero-order chi connectivity index (χ0) is 22.7. The standard InChI is InChI=1S/C25H23NO6/c1-30-18-13-14-19(20(15-18)31-2)24-26(23(27)17-11-7-4-8-12-17)21(22(32-24)25(28)29)16-9-5-3-6-10-16/h3-15,21-22,24H,1-2H3,(H,28,29)/t21-,22+,24?/m0/s1. The molecule has 32 heavy (non-hydrogen) atoms. The second-order valence-electron chi connectivity index (χ2n) is 7.29. The molecule has 0 aromatic heterocycles. The van der Waals surface area contributed by atoms with E-state index in [9.17, 15) is 14.7 Å². The van der Waals surface area contributed by atoms with Crippen molar-refractivity contribution < 1.29 is 28.9 Å². The number of carbonyl (C=O) groups is 2. The number of aliphatic carboxylic acids is 1. The van der Waals surface area contributed by atoms with Gasteiger partial charge in [-0.05, 0) is 29.8 Å². The first kappa shape index (κ1) is 21.4. The van der Waals surface area contributed by atoms with Gasteiger partial charge >= 0.3 is 5.97 Å². The van der Waals surface area contributed by atoms with Crippen LogP contribution in [0.25, 0.3) is 0 Å². The summed E-state index contributed by atoms with van der Waals surface area (Å²) in [6.07, 6.45) is -2.24. The monoisotopic (exact) mass is 433 g/mol. The van der Waals surface area contributed by atoms with E-state index in [0.29, 0.717) is 28.2 Å². The Morgan fingerprint density at radius 1 is 0.906 bits per heavy atom. The Morgan fingerprint density at radius 3 is 2.16 bits per heavy atom. The Morgan fingerprint density at radius 2 is 1.56 bits per heavy atom. The lowest BCUT2D eigenvalue weighted by Crippen LogP contribution is -2.36. The van der Waals surface area contributed by atoms with Crippen molar-refractivity contribution in [3.63, 3.8) is 0 Å². The van der Waals surface area contributed by atoms with Crippen LogP contribution in [0.4, 0.5) is 0 Å². The summed E-state index contributed by atoms with van der Waals surface area (Å²) in [7, 11) is 3.04. The van der Waals surface area contributed by atoms with Crippen LogP contribution >= 0.6 is 0 Å². The molecule has 1 saturated heterocycles. The Bertz CT molecular complexity index is 1100. The maximum absolute atomic E-state index is 13.7. The minimum Gasteiger partial charge on any atom is -0.497 e. The average molecular weight is 433 g/mol. The van der Waals surface area contributed by atoms with E-state index >= 15 is 0 Å². The SMILES string of the molecule is COc1ccc(C2O[C@@H](C(=O)O)[C@H](c3ccccc3)N2C(=O)c2ccccc2)c(OC)c1. The van der Waals surface area contributed by atoms with Crippen molar-refractivity contribution in [3.8, 4) is 11.5 Å². The molecule has 1 aliphatic heterocycles. The first-order valence-corrected chi connectivity index (χ1v) is 10.1. The second kappa shape index (κ2) is 9.11. The zero-order valence-corrected chi connectivity index (χ0v) is 17.7. The van der Waals surface area contributed by atoms with Crippen LogP contribution in [0.5, 0.6) is 11.5 Å². The molecule has 1 unspecified atom stereocenters. The summed E-state index contributed by atoms with van der Waals surface area (Å²) in [5, 5.41) is 9.97. The van der Waals surface area contributed by atoms with Crippen molar-refractivity contribution in [1.29, 1.82) is 0 Å². The summed E-state index contributed by atoms with van der Waals surface area (Å²) in [5.41, 5.74) is 1.63. The lowest BCUT2D eigenvalue weighted by Gasteiger charge is -2.30. The lowest BCUT2D eigenvalue weighted by atomic mass is 9.99. The summed E-state index contributed by atoms with van der Waals surface area (Å²) in [6, 6.07) is 22.1. The van der Waals surface area contributed by atoms with Crippen molar-refractivity contribution in [2.45, 2.75) is 18.4 Å². The van der Waals surface area contributed by atoms with Crippen LogP contribution in [0.2, 0.25) is 0 Å². The van der Waals surface area contributed by atoms with Crippen molar-refractivity contribution >= 4 is 11.9 Å². The quantitative estimate of drug-likeness (QED) is 0.631. The summed E-state index contributed by atoms with van der Waals surface area (Å²) in [4.78, 5) is 27.4.